The molecular formula is C19H25F3N2O5S. The number of carboxylic acid groups (broad SMARTS) is 1. The standard InChI is InChI=1S/C17H24N2O3S.C2HF3O2/c20-23(21,15-4-2-1-3-5-15)18-8-14-12-22-17-11-19(10-16(14)17)9-13-6-7-13;3-2(4,5)1(6)7/h1-5,13-14,16-18H,6-12H2;(H,6,7)/t14-,16-,17-;/m1./s1. The van der Waals surface area contributed by atoms with Crippen molar-refractivity contribution in [3.63, 3.8) is 0 Å². The number of carboxylic acids is 1. The fourth-order valence-corrected chi connectivity index (χ4v) is 4.92. The van der Waals surface area contributed by atoms with Gasteiger partial charge in [-0.05, 0) is 30.9 Å². The molecule has 2 saturated heterocycles. The summed E-state index contributed by atoms with van der Waals surface area (Å²) in [5, 5.41) is 7.12. The smallest absolute Gasteiger partial charge is 0.475 e. The minimum atomic E-state index is -5.08. The van der Waals surface area contributed by atoms with Crippen LogP contribution in [0.5, 0.6) is 0 Å². The third kappa shape index (κ3) is 6.16. The number of hydrogen-bond donors (Lipinski definition) is 2. The van der Waals surface area contributed by atoms with Crippen LogP contribution < -0.4 is 4.72 Å². The second-order valence-corrected chi connectivity index (χ2v) is 9.69. The van der Waals surface area contributed by atoms with Gasteiger partial charge in [-0.1, -0.05) is 18.2 Å². The number of likely N-dealkylation sites (tertiary alicyclic amines) is 1. The van der Waals surface area contributed by atoms with Crippen molar-refractivity contribution >= 4 is 16.0 Å². The number of sulfonamides is 1. The van der Waals surface area contributed by atoms with Gasteiger partial charge in [0.15, 0.2) is 0 Å². The van der Waals surface area contributed by atoms with E-state index in [1.807, 2.05) is 6.07 Å². The first-order valence-electron chi connectivity index (χ1n) is 9.75. The quantitative estimate of drug-likeness (QED) is 0.688. The van der Waals surface area contributed by atoms with E-state index in [0.29, 0.717) is 30.1 Å². The van der Waals surface area contributed by atoms with E-state index in [1.54, 1.807) is 24.3 Å². The summed E-state index contributed by atoms with van der Waals surface area (Å²) in [6.07, 6.45) is -2.06. The lowest BCUT2D eigenvalue weighted by atomic mass is 9.93. The average molecular weight is 450 g/mol. The average Bonchev–Trinajstić information content (AvgIpc) is 3.28. The molecule has 3 aliphatic rings. The molecule has 0 amide bonds. The first-order chi connectivity index (χ1) is 14.1. The zero-order valence-corrected chi connectivity index (χ0v) is 17.0. The molecule has 30 heavy (non-hydrogen) atoms. The zero-order valence-electron chi connectivity index (χ0n) is 16.2. The minimum absolute atomic E-state index is 0.280. The van der Waals surface area contributed by atoms with E-state index < -0.39 is 22.2 Å². The summed E-state index contributed by atoms with van der Waals surface area (Å²) in [7, 11) is -3.42. The molecule has 11 heteroatoms. The molecule has 0 unspecified atom stereocenters. The molecule has 3 atom stereocenters. The van der Waals surface area contributed by atoms with Gasteiger partial charge in [-0.2, -0.15) is 13.2 Å². The Bertz CT molecular complexity index is 830. The Morgan fingerprint density at radius 3 is 2.40 bits per heavy atom. The summed E-state index contributed by atoms with van der Waals surface area (Å²) in [6.45, 7) is 4.40. The third-order valence-corrected chi connectivity index (χ3v) is 7.00. The van der Waals surface area contributed by atoms with Crippen LogP contribution in [0.3, 0.4) is 0 Å². The number of benzene rings is 1. The van der Waals surface area contributed by atoms with Crippen molar-refractivity contribution in [1.29, 1.82) is 0 Å². The van der Waals surface area contributed by atoms with Crippen molar-refractivity contribution in [2.45, 2.75) is 30.0 Å². The Morgan fingerprint density at radius 1 is 1.20 bits per heavy atom. The molecular weight excluding hydrogens is 425 g/mol. The van der Waals surface area contributed by atoms with Crippen LogP contribution in [0.1, 0.15) is 12.8 Å². The van der Waals surface area contributed by atoms with Crippen LogP contribution in [0.25, 0.3) is 0 Å². The van der Waals surface area contributed by atoms with E-state index in [9.17, 15) is 21.6 Å². The van der Waals surface area contributed by atoms with Crippen LogP contribution in [0.2, 0.25) is 0 Å². The number of aliphatic carboxylic acids is 1. The van der Waals surface area contributed by atoms with Crippen molar-refractivity contribution in [3.8, 4) is 0 Å². The van der Waals surface area contributed by atoms with E-state index in [1.165, 1.54) is 19.4 Å². The first kappa shape index (κ1) is 23.0. The Morgan fingerprint density at radius 2 is 1.83 bits per heavy atom. The molecule has 168 valence electrons. The Hall–Kier alpha value is -1.69. The molecule has 0 radical (unpaired) electrons. The highest BCUT2D eigenvalue weighted by molar-refractivity contribution is 7.89. The van der Waals surface area contributed by atoms with Crippen molar-refractivity contribution in [2.24, 2.45) is 17.8 Å². The highest BCUT2D eigenvalue weighted by Gasteiger charge is 2.44. The Balaban J connectivity index is 0.000000318. The second kappa shape index (κ2) is 9.21. The van der Waals surface area contributed by atoms with Gasteiger partial charge in [-0.25, -0.2) is 17.9 Å². The van der Waals surface area contributed by atoms with E-state index in [2.05, 4.69) is 9.62 Å². The molecule has 4 rings (SSSR count). The summed E-state index contributed by atoms with van der Waals surface area (Å²) < 4.78 is 65.1. The lowest BCUT2D eigenvalue weighted by Gasteiger charge is -2.19. The molecule has 2 heterocycles. The van der Waals surface area contributed by atoms with Crippen LogP contribution in [0.4, 0.5) is 13.2 Å². The lowest BCUT2D eigenvalue weighted by Crippen LogP contribution is -2.34. The summed E-state index contributed by atoms with van der Waals surface area (Å²) in [6, 6.07) is 8.57. The molecule has 0 aromatic heterocycles. The van der Waals surface area contributed by atoms with Gasteiger partial charge < -0.3 is 14.7 Å². The topological polar surface area (TPSA) is 95.9 Å². The summed E-state index contributed by atoms with van der Waals surface area (Å²) in [4.78, 5) is 11.7. The number of hydrogen-bond acceptors (Lipinski definition) is 5. The molecule has 0 spiro atoms. The number of fused-ring (bicyclic) bond motifs is 1. The van der Waals surface area contributed by atoms with Gasteiger partial charge in [0, 0.05) is 38.0 Å². The van der Waals surface area contributed by atoms with Gasteiger partial charge in [-0.3, -0.25) is 0 Å². The van der Waals surface area contributed by atoms with E-state index in [-0.39, 0.29) is 5.92 Å². The molecule has 2 aliphatic heterocycles. The Labute approximate surface area is 173 Å². The minimum Gasteiger partial charge on any atom is -0.475 e. The van der Waals surface area contributed by atoms with Gasteiger partial charge in [0.1, 0.15) is 0 Å². The SMILES string of the molecule is O=C(O)C(F)(F)F.O=S(=O)(NC[C@@H]1CO[C@@H]2CN(CC3CC3)C[C@H]12)c1ccccc1. The maximum atomic E-state index is 12.3. The normalized spacial score (nSPS) is 26.7. The van der Waals surface area contributed by atoms with E-state index in [4.69, 9.17) is 14.6 Å². The summed E-state index contributed by atoms with van der Waals surface area (Å²) >= 11 is 0. The number of carbonyl (C=O) groups is 1. The maximum Gasteiger partial charge on any atom is 0.490 e. The largest absolute Gasteiger partial charge is 0.490 e. The number of rotatable bonds is 6. The predicted octanol–water partition coefficient (Wildman–Crippen LogP) is 1.95. The molecule has 1 saturated carbocycles. The molecule has 3 fully saturated rings. The Kier molecular flexibility index (Phi) is 7.05. The molecule has 0 bridgehead atoms. The molecule has 1 aromatic carbocycles. The van der Waals surface area contributed by atoms with Crippen molar-refractivity contribution in [3.05, 3.63) is 30.3 Å². The third-order valence-electron chi connectivity index (χ3n) is 5.56. The highest BCUT2D eigenvalue weighted by Crippen LogP contribution is 2.37. The van der Waals surface area contributed by atoms with Gasteiger partial charge in [-0.15, -0.1) is 0 Å². The molecule has 1 aromatic rings. The highest BCUT2D eigenvalue weighted by atomic mass is 32.2. The number of nitrogens with one attached hydrogen (secondary N) is 1. The van der Waals surface area contributed by atoms with Crippen LogP contribution in [-0.2, 0) is 19.6 Å². The number of halogens is 3. The first-order valence-corrected chi connectivity index (χ1v) is 11.2. The zero-order chi connectivity index (χ0) is 21.9. The van der Waals surface area contributed by atoms with Gasteiger partial charge in [0.05, 0.1) is 17.6 Å². The van der Waals surface area contributed by atoms with Crippen LogP contribution in [0.15, 0.2) is 35.2 Å². The van der Waals surface area contributed by atoms with Crippen molar-refractivity contribution < 1.29 is 36.2 Å². The monoisotopic (exact) mass is 450 g/mol. The van der Waals surface area contributed by atoms with Crippen LogP contribution in [-0.4, -0.2) is 69.5 Å². The number of ether oxygens (including phenoxy) is 1. The molecule has 1 aliphatic carbocycles. The van der Waals surface area contributed by atoms with Gasteiger partial charge >= 0.3 is 12.1 Å². The number of alkyl halides is 3. The fraction of sp³-hybridized carbons (Fsp3) is 0.632. The predicted molar refractivity (Wildman–Crippen MR) is 101 cm³/mol. The van der Waals surface area contributed by atoms with E-state index >= 15 is 0 Å². The van der Waals surface area contributed by atoms with Crippen LogP contribution in [0, 0.1) is 17.8 Å². The molecule has 2 N–H and O–H groups in total. The van der Waals surface area contributed by atoms with Crippen molar-refractivity contribution in [2.75, 3.05) is 32.8 Å². The summed E-state index contributed by atoms with van der Waals surface area (Å²) in [5.41, 5.74) is 0. The lowest BCUT2D eigenvalue weighted by molar-refractivity contribution is -0.192. The number of nitrogens with zero attached hydrogens (tertiary/aromatic N) is 1. The van der Waals surface area contributed by atoms with Crippen molar-refractivity contribution in [1.82, 2.24) is 9.62 Å². The molecule has 7 nitrogen and oxygen atoms in total. The van der Waals surface area contributed by atoms with E-state index in [0.717, 1.165) is 19.0 Å². The van der Waals surface area contributed by atoms with Crippen LogP contribution >= 0.6 is 0 Å². The maximum absolute atomic E-state index is 12.3. The van der Waals surface area contributed by atoms with Gasteiger partial charge in [0.25, 0.3) is 0 Å². The summed E-state index contributed by atoms with van der Waals surface area (Å²) in [5.74, 6) is -1.12. The van der Waals surface area contributed by atoms with Gasteiger partial charge in [0.2, 0.25) is 10.0 Å². The fourth-order valence-electron chi connectivity index (χ4n) is 3.80. The second-order valence-electron chi connectivity index (χ2n) is 7.93.